The molecule has 0 fully saturated rings. The normalized spacial score (nSPS) is 13.6. The number of hydrazone groups is 1. The summed E-state index contributed by atoms with van der Waals surface area (Å²) in [6.07, 6.45) is 4.08. The number of amides is 1. The molecule has 0 spiro atoms. The number of aromatic nitrogens is 2. The van der Waals surface area contributed by atoms with Gasteiger partial charge in [-0.25, -0.2) is 10.4 Å². The van der Waals surface area contributed by atoms with Crippen molar-refractivity contribution in [2.75, 3.05) is 5.75 Å². The number of nitrogens with zero attached hydrogens (tertiary/aromatic N) is 3. The molecule has 0 unspecified atom stereocenters. The summed E-state index contributed by atoms with van der Waals surface area (Å²) in [7, 11) is 0. The van der Waals surface area contributed by atoms with Gasteiger partial charge in [-0.15, -0.1) is 11.3 Å². The van der Waals surface area contributed by atoms with E-state index in [4.69, 9.17) is 28.2 Å². The molecule has 0 saturated carbocycles. The molecule has 0 aliphatic heterocycles. The predicted octanol–water partition coefficient (Wildman–Crippen LogP) is 6.27. The first-order chi connectivity index (χ1) is 17.4. The Balaban J connectivity index is 1.43. The van der Waals surface area contributed by atoms with Crippen LogP contribution < -0.4 is 11.0 Å². The third kappa shape index (κ3) is 5.22. The second-order valence-electron chi connectivity index (χ2n) is 8.43. The molecule has 36 heavy (non-hydrogen) atoms. The Morgan fingerprint density at radius 2 is 1.75 bits per heavy atom. The molecule has 0 saturated heterocycles. The first-order valence-corrected chi connectivity index (χ1v) is 14.0. The summed E-state index contributed by atoms with van der Waals surface area (Å²) in [5.41, 5.74) is 5.79. The molecule has 1 N–H and O–H groups in total. The quantitative estimate of drug-likeness (QED) is 0.131. The predicted molar refractivity (Wildman–Crippen MR) is 149 cm³/mol. The van der Waals surface area contributed by atoms with Gasteiger partial charge < -0.3 is 0 Å². The number of fused-ring (bicyclic) bond motifs is 3. The number of hydrogen-bond acceptors (Lipinski definition) is 6. The van der Waals surface area contributed by atoms with Crippen molar-refractivity contribution < 1.29 is 4.79 Å². The van der Waals surface area contributed by atoms with Crippen molar-refractivity contribution in [1.29, 1.82) is 0 Å². The number of aryl methyl sites for hydroxylation is 2. The maximum Gasteiger partial charge on any atom is 0.267 e. The lowest BCUT2D eigenvalue weighted by Gasteiger charge is -2.13. The van der Waals surface area contributed by atoms with E-state index in [1.165, 1.54) is 16.6 Å². The van der Waals surface area contributed by atoms with Gasteiger partial charge in [-0.05, 0) is 80.1 Å². The number of benzene rings is 2. The number of nitrogens with one attached hydrogen (secondary N) is 1. The fraction of sp³-hybridized carbons (Fsp3) is 0.231. The zero-order valence-corrected chi connectivity index (χ0v) is 22.5. The van der Waals surface area contributed by atoms with Crippen molar-refractivity contribution in [3.8, 4) is 5.69 Å². The highest BCUT2D eigenvalue weighted by molar-refractivity contribution is 7.99. The van der Waals surface area contributed by atoms with E-state index in [2.05, 4.69) is 10.5 Å². The maximum absolute atomic E-state index is 13.8. The van der Waals surface area contributed by atoms with Gasteiger partial charge in [0.05, 0.1) is 22.5 Å². The van der Waals surface area contributed by atoms with Crippen LogP contribution in [0.2, 0.25) is 10.0 Å². The van der Waals surface area contributed by atoms with E-state index in [9.17, 15) is 9.59 Å². The molecule has 0 atom stereocenters. The number of rotatable bonds is 6. The molecule has 10 heteroatoms. The lowest BCUT2D eigenvalue weighted by atomic mass is 9.97. The van der Waals surface area contributed by atoms with Crippen molar-refractivity contribution in [1.82, 2.24) is 15.0 Å². The summed E-state index contributed by atoms with van der Waals surface area (Å²) >= 11 is 14.8. The van der Waals surface area contributed by atoms with E-state index in [1.807, 2.05) is 19.1 Å². The van der Waals surface area contributed by atoms with E-state index in [0.29, 0.717) is 32.0 Å². The van der Waals surface area contributed by atoms with Crippen molar-refractivity contribution in [2.24, 2.45) is 5.10 Å². The van der Waals surface area contributed by atoms with E-state index in [-0.39, 0.29) is 17.2 Å². The Kier molecular flexibility index (Phi) is 7.48. The van der Waals surface area contributed by atoms with Gasteiger partial charge in [0.1, 0.15) is 4.83 Å². The Bertz CT molecular complexity index is 1530. The lowest BCUT2D eigenvalue weighted by molar-refractivity contribution is -0.118. The van der Waals surface area contributed by atoms with Crippen LogP contribution in [0.4, 0.5) is 0 Å². The van der Waals surface area contributed by atoms with E-state index >= 15 is 0 Å². The first-order valence-electron chi connectivity index (χ1n) is 11.5. The van der Waals surface area contributed by atoms with Gasteiger partial charge in [-0.3, -0.25) is 14.2 Å². The van der Waals surface area contributed by atoms with Crippen LogP contribution in [-0.2, 0) is 17.6 Å². The highest BCUT2D eigenvalue weighted by Crippen LogP contribution is 2.35. The largest absolute Gasteiger partial charge is 0.272 e. The lowest BCUT2D eigenvalue weighted by Crippen LogP contribution is -2.24. The van der Waals surface area contributed by atoms with Gasteiger partial charge in [0.25, 0.3) is 11.5 Å². The van der Waals surface area contributed by atoms with E-state index in [1.54, 1.807) is 52.3 Å². The zero-order valence-electron chi connectivity index (χ0n) is 19.4. The molecule has 0 bridgehead atoms. The number of thiophene rings is 1. The molecule has 0 radical (unpaired) electrons. The molecular formula is C26H22Cl2N4O2S2. The van der Waals surface area contributed by atoms with Crippen molar-refractivity contribution in [3.05, 3.63) is 84.9 Å². The van der Waals surface area contributed by atoms with Crippen molar-refractivity contribution >= 4 is 68.1 Å². The molecule has 2 heterocycles. The molecule has 4 aromatic rings. The van der Waals surface area contributed by atoms with Gasteiger partial charge in [0.15, 0.2) is 5.16 Å². The minimum atomic E-state index is -0.296. The maximum atomic E-state index is 13.8. The summed E-state index contributed by atoms with van der Waals surface area (Å²) in [5, 5.41) is 6.57. The van der Waals surface area contributed by atoms with Gasteiger partial charge in [-0.2, -0.15) is 5.10 Å². The highest BCUT2D eigenvalue weighted by Gasteiger charge is 2.23. The second kappa shape index (κ2) is 10.8. The molecule has 1 aliphatic carbocycles. The zero-order chi connectivity index (χ0) is 25.2. The SMILES string of the molecule is CC(=NNC(=O)CSc1nc2sc3c(c2c(=O)n1-c1ccc(Cl)cc1)CCCC3)c1ccc(Cl)cc1. The van der Waals surface area contributed by atoms with Crippen LogP contribution in [0.15, 0.2) is 63.6 Å². The highest BCUT2D eigenvalue weighted by atomic mass is 35.5. The molecule has 1 amide bonds. The minimum absolute atomic E-state index is 0.0496. The van der Waals surface area contributed by atoms with Gasteiger partial charge in [0, 0.05) is 14.9 Å². The number of hydrogen-bond donors (Lipinski definition) is 1. The van der Waals surface area contributed by atoms with Crippen molar-refractivity contribution in [2.45, 2.75) is 37.8 Å². The van der Waals surface area contributed by atoms with Crippen LogP contribution in [0.3, 0.4) is 0 Å². The van der Waals surface area contributed by atoms with Crippen LogP contribution in [0.25, 0.3) is 15.9 Å². The average Bonchev–Trinajstić information content (AvgIpc) is 3.26. The number of carbonyl (C=O) groups excluding carboxylic acids is 1. The molecule has 184 valence electrons. The third-order valence-corrected chi connectivity index (χ3v) is 8.61. The fourth-order valence-electron chi connectivity index (χ4n) is 4.17. The summed E-state index contributed by atoms with van der Waals surface area (Å²) in [4.78, 5) is 33.2. The molecule has 2 aromatic heterocycles. The van der Waals surface area contributed by atoms with Crippen LogP contribution in [0, 0.1) is 0 Å². The average molecular weight is 558 g/mol. The summed E-state index contributed by atoms with van der Waals surface area (Å²) in [5.74, 6) is -0.246. The first kappa shape index (κ1) is 25.0. The molecule has 5 rings (SSSR count). The van der Waals surface area contributed by atoms with Crippen LogP contribution in [0.1, 0.15) is 35.8 Å². The number of halogens is 2. The third-order valence-electron chi connectivity index (χ3n) is 5.99. The van der Waals surface area contributed by atoms with Crippen molar-refractivity contribution in [3.63, 3.8) is 0 Å². The topological polar surface area (TPSA) is 76.3 Å². The minimum Gasteiger partial charge on any atom is -0.272 e. The molecule has 2 aromatic carbocycles. The Morgan fingerprint density at radius 3 is 2.47 bits per heavy atom. The van der Waals surface area contributed by atoms with Crippen LogP contribution >= 0.6 is 46.3 Å². The standard InChI is InChI=1S/C26H22Cl2N4O2S2/c1-15(16-6-8-17(27)9-7-16)30-31-22(33)14-35-26-29-24-23(20-4-2-3-5-21(20)36-24)25(34)32(26)19-12-10-18(28)11-13-19/h6-13H,2-5,14H2,1H3,(H,31,33). The number of carbonyl (C=O) groups is 1. The molecular weight excluding hydrogens is 535 g/mol. The molecule has 1 aliphatic rings. The number of thioether (sulfide) groups is 1. The Hall–Kier alpha value is -2.65. The van der Waals surface area contributed by atoms with Crippen LogP contribution in [0.5, 0.6) is 0 Å². The van der Waals surface area contributed by atoms with E-state index in [0.717, 1.165) is 41.6 Å². The van der Waals surface area contributed by atoms with E-state index < -0.39 is 0 Å². The second-order valence-corrected chi connectivity index (χ2v) is 11.3. The van der Waals surface area contributed by atoms with Crippen LogP contribution in [-0.4, -0.2) is 26.9 Å². The Labute approximate surface area is 226 Å². The summed E-state index contributed by atoms with van der Waals surface area (Å²) in [6, 6.07) is 14.3. The van der Waals surface area contributed by atoms with Gasteiger partial charge in [0.2, 0.25) is 0 Å². The van der Waals surface area contributed by atoms with Gasteiger partial charge >= 0.3 is 0 Å². The van der Waals surface area contributed by atoms with Gasteiger partial charge in [-0.1, -0.05) is 47.1 Å². The monoisotopic (exact) mass is 556 g/mol. The fourth-order valence-corrected chi connectivity index (χ4v) is 6.52. The molecule has 6 nitrogen and oxygen atoms in total. The Morgan fingerprint density at radius 1 is 1.08 bits per heavy atom. The smallest absolute Gasteiger partial charge is 0.267 e. The summed E-state index contributed by atoms with van der Waals surface area (Å²) in [6.45, 7) is 1.81. The summed E-state index contributed by atoms with van der Waals surface area (Å²) < 4.78 is 1.58.